The second kappa shape index (κ2) is 5.98. The van der Waals surface area contributed by atoms with E-state index >= 15 is 0 Å². The largest absolute Gasteiger partial charge is 0.352 e. The van der Waals surface area contributed by atoms with Crippen molar-refractivity contribution in [2.45, 2.75) is 25.8 Å². The summed E-state index contributed by atoms with van der Waals surface area (Å²) in [5, 5.41) is 2.63. The molecule has 0 heterocycles. The molecule has 0 saturated carbocycles. The first-order valence-electron chi connectivity index (χ1n) is 4.56. The molecule has 1 unspecified atom stereocenters. The van der Waals surface area contributed by atoms with Crippen LogP contribution in [0.5, 0.6) is 0 Å². The van der Waals surface area contributed by atoms with Gasteiger partial charge in [0, 0.05) is 12.3 Å². The maximum Gasteiger partial charge on any atom is 0.235 e. The van der Waals surface area contributed by atoms with Gasteiger partial charge in [0.2, 0.25) is 5.91 Å². The fraction of sp³-hybridized carbons (Fsp3) is 0.875. The zero-order chi connectivity index (χ0) is 11.2. The third-order valence-electron chi connectivity index (χ3n) is 1.77. The van der Waals surface area contributed by atoms with Crippen LogP contribution in [0, 0.1) is 0 Å². The highest BCUT2D eigenvalue weighted by Crippen LogP contribution is 1.96. The SMILES string of the molecule is CCC(CCN)NC(=O)CS(C)(=O)=O. The predicted molar refractivity (Wildman–Crippen MR) is 55.6 cm³/mol. The van der Waals surface area contributed by atoms with E-state index in [9.17, 15) is 13.2 Å². The first-order valence-corrected chi connectivity index (χ1v) is 6.62. The quantitative estimate of drug-likeness (QED) is 0.620. The molecule has 0 aromatic carbocycles. The molecule has 14 heavy (non-hydrogen) atoms. The Morgan fingerprint density at radius 3 is 2.43 bits per heavy atom. The van der Waals surface area contributed by atoms with Gasteiger partial charge in [0.1, 0.15) is 5.75 Å². The molecule has 0 radical (unpaired) electrons. The lowest BCUT2D eigenvalue weighted by Crippen LogP contribution is -2.39. The molecule has 0 aromatic heterocycles. The highest BCUT2D eigenvalue weighted by Gasteiger charge is 2.14. The number of carbonyl (C=O) groups is 1. The van der Waals surface area contributed by atoms with Crippen molar-refractivity contribution in [2.75, 3.05) is 18.6 Å². The maximum atomic E-state index is 11.2. The minimum Gasteiger partial charge on any atom is -0.352 e. The summed E-state index contributed by atoms with van der Waals surface area (Å²) < 4.78 is 21.6. The Morgan fingerprint density at radius 1 is 1.50 bits per heavy atom. The Bertz CT molecular complexity index is 274. The Kier molecular flexibility index (Phi) is 5.71. The van der Waals surface area contributed by atoms with Gasteiger partial charge in [-0.1, -0.05) is 6.92 Å². The third kappa shape index (κ3) is 6.85. The molecule has 1 amide bonds. The van der Waals surface area contributed by atoms with Crippen LogP contribution < -0.4 is 11.1 Å². The average molecular weight is 222 g/mol. The summed E-state index contributed by atoms with van der Waals surface area (Å²) in [5.41, 5.74) is 5.34. The standard InChI is InChI=1S/C8H18N2O3S/c1-3-7(4-5-9)10-8(11)6-14(2,12)13/h7H,3-6,9H2,1-2H3,(H,10,11). The van der Waals surface area contributed by atoms with Crippen LogP contribution in [-0.4, -0.2) is 38.9 Å². The van der Waals surface area contributed by atoms with Crippen molar-refractivity contribution in [3.8, 4) is 0 Å². The topological polar surface area (TPSA) is 89.3 Å². The number of amides is 1. The van der Waals surface area contributed by atoms with Gasteiger partial charge in [-0.25, -0.2) is 8.42 Å². The van der Waals surface area contributed by atoms with Crippen molar-refractivity contribution >= 4 is 15.7 Å². The van der Waals surface area contributed by atoms with Crippen LogP contribution >= 0.6 is 0 Å². The number of nitrogens with one attached hydrogen (secondary N) is 1. The number of nitrogens with two attached hydrogens (primary N) is 1. The average Bonchev–Trinajstić information content (AvgIpc) is 2.00. The van der Waals surface area contributed by atoms with E-state index in [1.807, 2.05) is 6.92 Å². The smallest absolute Gasteiger partial charge is 0.235 e. The summed E-state index contributed by atoms with van der Waals surface area (Å²) in [6.07, 6.45) is 2.47. The zero-order valence-corrected chi connectivity index (χ0v) is 9.43. The fourth-order valence-electron chi connectivity index (χ4n) is 1.09. The molecule has 0 aliphatic carbocycles. The minimum atomic E-state index is -3.24. The van der Waals surface area contributed by atoms with Gasteiger partial charge in [0.05, 0.1) is 0 Å². The highest BCUT2D eigenvalue weighted by atomic mass is 32.2. The van der Waals surface area contributed by atoms with Crippen molar-refractivity contribution in [1.82, 2.24) is 5.32 Å². The molecule has 0 aliphatic rings. The number of hydrogen-bond acceptors (Lipinski definition) is 4. The molecule has 3 N–H and O–H groups in total. The molecular formula is C8H18N2O3S. The van der Waals surface area contributed by atoms with E-state index in [4.69, 9.17) is 5.73 Å². The number of sulfone groups is 1. The van der Waals surface area contributed by atoms with Gasteiger partial charge in [-0.3, -0.25) is 4.79 Å². The molecule has 0 bridgehead atoms. The monoisotopic (exact) mass is 222 g/mol. The van der Waals surface area contributed by atoms with Crippen molar-refractivity contribution in [3.05, 3.63) is 0 Å². The molecule has 6 heteroatoms. The first-order chi connectivity index (χ1) is 6.39. The van der Waals surface area contributed by atoms with Crippen LogP contribution in [0.3, 0.4) is 0 Å². The second-order valence-corrected chi connectivity index (χ2v) is 5.46. The molecule has 5 nitrogen and oxygen atoms in total. The lowest BCUT2D eigenvalue weighted by molar-refractivity contribution is -0.119. The zero-order valence-electron chi connectivity index (χ0n) is 8.62. The fourth-order valence-corrected chi connectivity index (χ4v) is 1.65. The van der Waals surface area contributed by atoms with Crippen LogP contribution in [0.4, 0.5) is 0 Å². The Morgan fingerprint density at radius 2 is 2.07 bits per heavy atom. The van der Waals surface area contributed by atoms with Gasteiger partial charge in [-0.2, -0.15) is 0 Å². The summed E-state index contributed by atoms with van der Waals surface area (Å²) in [6, 6.07) is -0.0192. The van der Waals surface area contributed by atoms with E-state index in [-0.39, 0.29) is 6.04 Å². The predicted octanol–water partition coefficient (Wildman–Crippen LogP) is -0.725. The van der Waals surface area contributed by atoms with Gasteiger partial charge < -0.3 is 11.1 Å². The van der Waals surface area contributed by atoms with E-state index in [1.165, 1.54) is 0 Å². The van der Waals surface area contributed by atoms with Crippen LogP contribution in [0.1, 0.15) is 19.8 Å². The number of carbonyl (C=O) groups excluding carboxylic acids is 1. The molecule has 1 atom stereocenters. The third-order valence-corrected chi connectivity index (χ3v) is 2.55. The molecule has 0 spiro atoms. The minimum absolute atomic E-state index is 0.0192. The molecule has 0 aromatic rings. The number of rotatable bonds is 6. The van der Waals surface area contributed by atoms with Crippen LogP contribution in [0.25, 0.3) is 0 Å². The number of hydrogen-bond donors (Lipinski definition) is 2. The second-order valence-electron chi connectivity index (χ2n) is 3.32. The first kappa shape index (κ1) is 13.4. The maximum absolute atomic E-state index is 11.2. The van der Waals surface area contributed by atoms with E-state index in [1.54, 1.807) is 0 Å². The van der Waals surface area contributed by atoms with E-state index in [0.29, 0.717) is 13.0 Å². The molecule has 0 rings (SSSR count). The van der Waals surface area contributed by atoms with Gasteiger partial charge in [0.25, 0.3) is 0 Å². The summed E-state index contributed by atoms with van der Waals surface area (Å²) in [4.78, 5) is 11.2. The van der Waals surface area contributed by atoms with Crippen LogP contribution in [0.2, 0.25) is 0 Å². The molecule has 0 fully saturated rings. The Labute approximate surface area is 85.0 Å². The van der Waals surface area contributed by atoms with E-state index in [0.717, 1.165) is 12.7 Å². The van der Waals surface area contributed by atoms with Crippen molar-refractivity contribution in [3.63, 3.8) is 0 Å². The molecule has 0 saturated heterocycles. The highest BCUT2D eigenvalue weighted by molar-refractivity contribution is 7.91. The summed E-state index contributed by atoms with van der Waals surface area (Å²) in [7, 11) is -3.24. The summed E-state index contributed by atoms with van der Waals surface area (Å²) in [5.74, 6) is -0.901. The van der Waals surface area contributed by atoms with Crippen molar-refractivity contribution < 1.29 is 13.2 Å². The van der Waals surface area contributed by atoms with Gasteiger partial charge in [-0.05, 0) is 19.4 Å². The Balaban J connectivity index is 4.03. The molecule has 84 valence electrons. The lowest BCUT2D eigenvalue weighted by Gasteiger charge is -2.15. The molecule has 0 aliphatic heterocycles. The van der Waals surface area contributed by atoms with Gasteiger partial charge >= 0.3 is 0 Å². The Hall–Kier alpha value is -0.620. The van der Waals surface area contributed by atoms with Crippen molar-refractivity contribution in [1.29, 1.82) is 0 Å². The lowest BCUT2D eigenvalue weighted by atomic mass is 10.1. The normalized spacial score (nSPS) is 13.6. The van der Waals surface area contributed by atoms with E-state index < -0.39 is 21.5 Å². The van der Waals surface area contributed by atoms with Crippen LogP contribution in [0.15, 0.2) is 0 Å². The van der Waals surface area contributed by atoms with Crippen molar-refractivity contribution in [2.24, 2.45) is 5.73 Å². The van der Waals surface area contributed by atoms with Gasteiger partial charge in [-0.15, -0.1) is 0 Å². The summed E-state index contributed by atoms with van der Waals surface area (Å²) in [6.45, 7) is 2.40. The van der Waals surface area contributed by atoms with Gasteiger partial charge in [0.15, 0.2) is 9.84 Å². The molecular weight excluding hydrogens is 204 g/mol. The van der Waals surface area contributed by atoms with E-state index in [2.05, 4.69) is 5.32 Å². The summed E-state index contributed by atoms with van der Waals surface area (Å²) >= 11 is 0. The van der Waals surface area contributed by atoms with Crippen LogP contribution in [-0.2, 0) is 14.6 Å².